The quantitative estimate of drug-likeness (QED) is 0.843. The Bertz CT molecular complexity index is 767. The Balaban J connectivity index is 1.72. The zero-order valence-corrected chi connectivity index (χ0v) is 14.9. The first-order valence-electron chi connectivity index (χ1n) is 8.46. The lowest BCUT2D eigenvalue weighted by Gasteiger charge is -2.23. The van der Waals surface area contributed by atoms with Gasteiger partial charge in [0.15, 0.2) is 0 Å². The molecule has 0 radical (unpaired) electrons. The zero-order chi connectivity index (χ0) is 18.5. The van der Waals surface area contributed by atoms with Gasteiger partial charge in [-0.3, -0.25) is 9.78 Å². The summed E-state index contributed by atoms with van der Waals surface area (Å²) in [6.45, 7) is 0.676. The van der Waals surface area contributed by atoms with E-state index < -0.39 is 11.9 Å². The predicted molar refractivity (Wildman–Crippen MR) is 98.0 cm³/mol. The van der Waals surface area contributed by atoms with Crippen LogP contribution in [0.4, 0.5) is 4.79 Å². The van der Waals surface area contributed by atoms with Crippen LogP contribution in [0, 0.1) is 5.92 Å². The first-order chi connectivity index (χ1) is 12.5. The second-order valence-corrected chi connectivity index (χ2v) is 6.79. The number of nitrogens with zero attached hydrogens (tertiary/aromatic N) is 2. The SMILES string of the molecule is O=C(O)C1CCN(C(=O)NC(Cc2ccc(Cl)cc2)c2ccccn2)C1. The lowest BCUT2D eigenvalue weighted by molar-refractivity contribution is -0.141. The standard InChI is InChI=1S/C19H20ClN3O3/c20-15-6-4-13(5-7-15)11-17(16-3-1-2-9-21-16)22-19(26)23-10-8-14(12-23)18(24)25/h1-7,9,14,17H,8,10-12H2,(H,22,26)(H,24,25). The average Bonchev–Trinajstić information content (AvgIpc) is 3.14. The van der Waals surface area contributed by atoms with Gasteiger partial charge in [-0.1, -0.05) is 29.8 Å². The largest absolute Gasteiger partial charge is 0.481 e. The summed E-state index contributed by atoms with van der Waals surface area (Å²) in [5.74, 6) is -1.35. The lowest BCUT2D eigenvalue weighted by atomic mass is 10.0. The molecule has 1 aliphatic rings. The third-order valence-corrected chi connectivity index (χ3v) is 4.77. The van der Waals surface area contributed by atoms with Gasteiger partial charge in [-0.2, -0.15) is 0 Å². The summed E-state index contributed by atoms with van der Waals surface area (Å²) in [6.07, 6.45) is 2.73. The number of carboxylic acids is 1. The minimum atomic E-state index is -0.859. The van der Waals surface area contributed by atoms with Crippen molar-refractivity contribution in [1.29, 1.82) is 0 Å². The van der Waals surface area contributed by atoms with E-state index in [0.717, 1.165) is 11.3 Å². The number of likely N-dealkylation sites (tertiary alicyclic amines) is 1. The second-order valence-electron chi connectivity index (χ2n) is 6.36. The van der Waals surface area contributed by atoms with Gasteiger partial charge in [0.25, 0.3) is 0 Å². The van der Waals surface area contributed by atoms with Crippen LogP contribution < -0.4 is 5.32 Å². The molecule has 2 atom stereocenters. The van der Waals surface area contributed by atoms with Gasteiger partial charge >= 0.3 is 12.0 Å². The highest BCUT2D eigenvalue weighted by atomic mass is 35.5. The maximum atomic E-state index is 12.6. The van der Waals surface area contributed by atoms with Crippen molar-refractivity contribution in [2.45, 2.75) is 18.9 Å². The number of amides is 2. The van der Waals surface area contributed by atoms with Crippen molar-refractivity contribution < 1.29 is 14.7 Å². The van der Waals surface area contributed by atoms with Crippen LogP contribution in [0.15, 0.2) is 48.7 Å². The third kappa shape index (κ3) is 4.52. The Morgan fingerprint density at radius 3 is 2.65 bits per heavy atom. The highest BCUT2D eigenvalue weighted by Gasteiger charge is 2.31. The molecule has 2 unspecified atom stereocenters. The summed E-state index contributed by atoms with van der Waals surface area (Å²) in [5.41, 5.74) is 1.78. The Labute approximate surface area is 156 Å². The normalized spacial score (nSPS) is 17.7. The molecule has 1 aromatic carbocycles. The van der Waals surface area contributed by atoms with E-state index >= 15 is 0 Å². The van der Waals surface area contributed by atoms with Gasteiger partial charge in [-0.15, -0.1) is 0 Å². The molecule has 1 aliphatic heterocycles. The van der Waals surface area contributed by atoms with Crippen LogP contribution in [0.2, 0.25) is 5.02 Å². The van der Waals surface area contributed by atoms with Crippen molar-refractivity contribution in [3.63, 3.8) is 0 Å². The number of aliphatic carboxylic acids is 1. The van der Waals surface area contributed by atoms with Crippen LogP contribution in [-0.2, 0) is 11.2 Å². The number of carbonyl (C=O) groups is 2. The zero-order valence-electron chi connectivity index (χ0n) is 14.1. The molecular formula is C19H20ClN3O3. The van der Waals surface area contributed by atoms with Gasteiger partial charge in [0, 0.05) is 24.3 Å². The fourth-order valence-electron chi connectivity index (χ4n) is 3.05. The summed E-state index contributed by atoms with van der Waals surface area (Å²) >= 11 is 5.94. The van der Waals surface area contributed by atoms with Crippen LogP contribution in [-0.4, -0.2) is 40.1 Å². The second kappa shape index (κ2) is 8.19. The summed E-state index contributed by atoms with van der Waals surface area (Å²) in [6, 6.07) is 12.4. The van der Waals surface area contributed by atoms with Gasteiger partial charge in [0.1, 0.15) is 0 Å². The number of rotatable bonds is 5. The molecule has 2 N–H and O–H groups in total. The summed E-state index contributed by atoms with van der Waals surface area (Å²) in [5, 5.41) is 12.8. The van der Waals surface area contributed by atoms with Crippen molar-refractivity contribution in [1.82, 2.24) is 15.2 Å². The molecule has 1 aromatic heterocycles. The summed E-state index contributed by atoms with van der Waals surface area (Å²) < 4.78 is 0. The number of nitrogens with one attached hydrogen (secondary N) is 1. The molecule has 1 fully saturated rings. The number of carbonyl (C=O) groups excluding carboxylic acids is 1. The smallest absolute Gasteiger partial charge is 0.317 e. The van der Waals surface area contributed by atoms with Crippen LogP contribution in [0.1, 0.15) is 23.7 Å². The van der Waals surface area contributed by atoms with E-state index in [4.69, 9.17) is 16.7 Å². The first kappa shape index (κ1) is 18.2. The average molecular weight is 374 g/mol. The van der Waals surface area contributed by atoms with Crippen molar-refractivity contribution >= 4 is 23.6 Å². The van der Waals surface area contributed by atoms with Crippen LogP contribution in [0.3, 0.4) is 0 Å². The van der Waals surface area contributed by atoms with E-state index in [2.05, 4.69) is 10.3 Å². The number of pyridine rings is 1. The van der Waals surface area contributed by atoms with Crippen LogP contribution >= 0.6 is 11.6 Å². The van der Waals surface area contributed by atoms with Gasteiger partial charge < -0.3 is 15.3 Å². The van der Waals surface area contributed by atoms with Gasteiger partial charge in [0.2, 0.25) is 0 Å². The molecule has 0 bridgehead atoms. The Morgan fingerprint density at radius 1 is 1.27 bits per heavy atom. The number of hydrogen-bond acceptors (Lipinski definition) is 3. The lowest BCUT2D eigenvalue weighted by Crippen LogP contribution is -2.41. The minimum absolute atomic E-state index is 0.233. The number of benzene rings is 1. The highest BCUT2D eigenvalue weighted by molar-refractivity contribution is 6.30. The molecule has 0 spiro atoms. The minimum Gasteiger partial charge on any atom is -0.481 e. The van der Waals surface area contributed by atoms with E-state index in [0.29, 0.717) is 24.4 Å². The molecule has 2 heterocycles. The maximum Gasteiger partial charge on any atom is 0.317 e. The molecule has 7 heteroatoms. The maximum absolute atomic E-state index is 12.6. The summed E-state index contributed by atoms with van der Waals surface area (Å²) in [7, 11) is 0. The number of aromatic nitrogens is 1. The van der Waals surface area contributed by atoms with Gasteiger partial charge in [-0.25, -0.2) is 4.79 Å². The van der Waals surface area contributed by atoms with Crippen molar-refractivity contribution in [3.05, 3.63) is 64.9 Å². The van der Waals surface area contributed by atoms with E-state index in [1.165, 1.54) is 0 Å². The fourth-order valence-corrected chi connectivity index (χ4v) is 3.18. The highest BCUT2D eigenvalue weighted by Crippen LogP contribution is 2.21. The first-order valence-corrected chi connectivity index (χ1v) is 8.84. The third-order valence-electron chi connectivity index (χ3n) is 4.52. The monoisotopic (exact) mass is 373 g/mol. The van der Waals surface area contributed by atoms with Crippen LogP contribution in [0.25, 0.3) is 0 Å². The molecule has 0 saturated carbocycles. The van der Waals surface area contributed by atoms with E-state index in [1.807, 2.05) is 42.5 Å². The summed E-state index contributed by atoms with van der Waals surface area (Å²) in [4.78, 5) is 29.6. The molecule has 3 rings (SSSR count). The fraction of sp³-hybridized carbons (Fsp3) is 0.316. The van der Waals surface area contributed by atoms with Crippen molar-refractivity contribution in [2.75, 3.05) is 13.1 Å². The topological polar surface area (TPSA) is 82.5 Å². The molecular weight excluding hydrogens is 354 g/mol. The molecule has 26 heavy (non-hydrogen) atoms. The molecule has 6 nitrogen and oxygen atoms in total. The van der Waals surface area contributed by atoms with Crippen LogP contribution in [0.5, 0.6) is 0 Å². The molecule has 2 aromatic rings. The van der Waals surface area contributed by atoms with E-state index in [-0.39, 0.29) is 18.6 Å². The predicted octanol–water partition coefficient (Wildman–Crippen LogP) is 3.13. The molecule has 2 amide bonds. The Morgan fingerprint density at radius 2 is 2.04 bits per heavy atom. The molecule has 1 saturated heterocycles. The Hall–Kier alpha value is -2.60. The number of halogens is 1. The molecule has 136 valence electrons. The van der Waals surface area contributed by atoms with Gasteiger partial charge in [-0.05, 0) is 42.7 Å². The Kier molecular flexibility index (Phi) is 5.73. The van der Waals surface area contributed by atoms with Crippen molar-refractivity contribution in [3.8, 4) is 0 Å². The molecule has 0 aliphatic carbocycles. The number of carboxylic acid groups (broad SMARTS) is 1. The van der Waals surface area contributed by atoms with E-state index in [9.17, 15) is 9.59 Å². The van der Waals surface area contributed by atoms with E-state index in [1.54, 1.807) is 11.1 Å². The number of hydrogen-bond donors (Lipinski definition) is 2. The number of urea groups is 1. The van der Waals surface area contributed by atoms with Gasteiger partial charge in [0.05, 0.1) is 17.7 Å². The van der Waals surface area contributed by atoms with Crippen molar-refractivity contribution in [2.24, 2.45) is 5.92 Å².